The molecule has 2 aromatic carbocycles. The summed E-state index contributed by atoms with van der Waals surface area (Å²) in [4.78, 5) is 24.7. The number of benzene rings is 2. The average molecular weight is 353 g/mol. The van der Waals surface area contributed by atoms with Crippen LogP contribution in [0.1, 0.15) is 35.6 Å². The fourth-order valence-electron chi connectivity index (χ4n) is 2.73. The fraction of sp³-hybridized carbons (Fsp3) is 0.333. The lowest BCUT2D eigenvalue weighted by Gasteiger charge is -2.18. The van der Waals surface area contributed by atoms with Gasteiger partial charge in [0.05, 0.1) is 0 Å². The minimum absolute atomic E-state index is 0.193. The first-order valence-electron chi connectivity index (χ1n) is 8.77. The summed E-state index contributed by atoms with van der Waals surface area (Å²) < 4.78 is 11.0. The minimum atomic E-state index is -0.966. The van der Waals surface area contributed by atoms with Gasteiger partial charge in [0.25, 0.3) is 5.91 Å². The van der Waals surface area contributed by atoms with Gasteiger partial charge in [0, 0.05) is 11.6 Å². The topological polar surface area (TPSA) is 64.6 Å². The van der Waals surface area contributed by atoms with Gasteiger partial charge in [-0.05, 0) is 49.9 Å². The molecular formula is C21H23NO4. The Morgan fingerprint density at radius 2 is 1.73 bits per heavy atom. The number of hydrogen-bond donors (Lipinski definition) is 1. The normalized spacial score (nSPS) is 14.4. The number of esters is 1. The third kappa shape index (κ3) is 5.09. The van der Waals surface area contributed by atoms with Crippen molar-refractivity contribution >= 4 is 11.9 Å². The average Bonchev–Trinajstić information content (AvgIpc) is 3.41. The maximum atomic E-state index is 12.5. The molecule has 1 N–H and O–H groups in total. The van der Waals surface area contributed by atoms with Crippen LogP contribution in [0, 0.1) is 13.8 Å². The molecule has 2 aromatic rings. The molecule has 0 bridgehead atoms. The largest absolute Gasteiger partial charge is 0.482 e. The zero-order valence-electron chi connectivity index (χ0n) is 15.0. The predicted molar refractivity (Wildman–Crippen MR) is 97.9 cm³/mol. The highest BCUT2D eigenvalue weighted by Crippen LogP contribution is 2.23. The molecule has 1 aliphatic carbocycles. The van der Waals surface area contributed by atoms with E-state index in [0.29, 0.717) is 11.3 Å². The quantitative estimate of drug-likeness (QED) is 0.776. The Labute approximate surface area is 153 Å². The number of hydrogen-bond acceptors (Lipinski definition) is 4. The first kappa shape index (κ1) is 18.0. The van der Waals surface area contributed by atoms with Crippen LogP contribution in [0.2, 0.25) is 0 Å². The highest BCUT2D eigenvalue weighted by atomic mass is 16.6. The van der Waals surface area contributed by atoms with Crippen molar-refractivity contribution in [3.05, 3.63) is 65.2 Å². The fourth-order valence-corrected chi connectivity index (χ4v) is 2.73. The van der Waals surface area contributed by atoms with Crippen molar-refractivity contribution in [2.24, 2.45) is 0 Å². The number of ether oxygens (including phenoxy) is 2. The summed E-state index contributed by atoms with van der Waals surface area (Å²) in [5.41, 5.74) is 2.75. The van der Waals surface area contributed by atoms with Crippen molar-refractivity contribution in [2.45, 2.75) is 38.8 Å². The van der Waals surface area contributed by atoms with Gasteiger partial charge >= 0.3 is 5.97 Å². The van der Waals surface area contributed by atoms with Crippen LogP contribution in [-0.4, -0.2) is 24.5 Å². The van der Waals surface area contributed by atoms with Crippen molar-refractivity contribution in [2.75, 3.05) is 6.61 Å². The van der Waals surface area contributed by atoms with Gasteiger partial charge in [0.15, 0.2) is 6.61 Å². The second-order valence-corrected chi connectivity index (χ2v) is 6.68. The Morgan fingerprint density at radius 1 is 1.08 bits per heavy atom. The molecule has 0 aromatic heterocycles. The van der Waals surface area contributed by atoms with E-state index >= 15 is 0 Å². The van der Waals surface area contributed by atoms with Crippen LogP contribution in [-0.2, 0) is 14.3 Å². The third-order valence-corrected chi connectivity index (χ3v) is 4.07. The molecule has 1 saturated carbocycles. The van der Waals surface area contributed by atoms with Crippen molar-refractivity contribution in [1.29, 1.82) is 0 Å². The zero-order valence-corrected chi connectivity index (χ0v) is 15.0. The van der Waals surface area contributed by atoms with Crippen molar-refractivity contribution in [3.63, 3.8) is 0 Å². The predicted octanol–water partition coefficient (Wildman–Crippen LogP) is 3.25. The van der Waals surface area contributed by atoms with E-state index in [9.17, 15) is 9.59 Å². The monoisotopic (exact) mass is 353 g/mol. The smallest absolute Gasteiger partial charge is 0.345 e. The highest BCUT2D eigenvalue weighted by Gasteiger charge is 2.30. The van der Waals surface area contributed by atoms with E-state index in [1.165, 1.54) is 0 Å². The Morgan fingerprint density at radius 3 is 2.35 bits per heavy atom. The van der Waals surface area contributed by atoms with E-state index in [2.05, 4.69) is 5.32 Å². The molecule has 1 amide bonds. The summed E-state index contributed by atoms with van der Waals surface area (Å²) in [5, 5.41) is 2.89. The Bertz CT molecular complexity index is 764. The lowest BCUT2D eigenvalue weighted by molar-refractivity contribution is -0.158. The van der Waals surface area contributed by atoms with E-state index < -0.39 is 12.1 Å². The Balaban J connectivity index is 1.63. The molecule has 136 valence electrons. The summed E-state index contributed by atoms with van der Waals surface area (Å²) in [7, 11) is 0. The standard InChI is InChI=1S/C21H23NO4/c1-14-10-15(2)12-18(11-14)25-13-19(23)26-20(16-6-4-3-5-7-16)21(24)22-17-8-9-17/h3-7,10-12,17,20H,8-9,13H2,1-2H3,(H,22,24)/t20-/m1/s1. The number of amides is 1. The van der Waals surface area contributed by atoms with Gasteiger partial charge in [0.1, 0.15) is 5.75 Å². The van der Waals surface area contributed by atoms with Crippen molar-refractivity contribution in [3.8, 4) is 5.75 Å². The molecule has 5 nitrogen and oxygen atoms in total. The van der Waals surface area contributed by atoms with Crippen LogP contribution >= 0.6 is 0 Å². The number of carbonyl (C=O) groups excluding carboxylic acids is 2. The van der Waals surface area contributed by atoms with Crippen LogP contribution in [0.3, 0.4) is 0 Å². The Kier molecular flexibility index (Phi) is 5.56. The summed E-state index contributed by atoms with van der Waals surface area (Å²) in [6.45, 7) is 3.68. The molecule has 0 spiro atoms. The minimum Gasteiger partial charge on any atom is -0.482 e. The number of carbonyl (C=O) groups is 2. The third-order valence-electron chi connectivity index (χ3n) is 4.07. The molecule has 1 atom stereocenters. The molecule has 0 saturated heterocycles. The lowest BCUT2D eigenvalue weighted by atomic mass is 10.1. The molecule has 0 unspecified atom stereocenters. The molecular weight excluding hydrogens is 330 g/mol. The first-order valence-corrected chi connectivity index (χ1v) is 8.77. The number of rotatable bonds is 7. The SMILES string of the molecule is Cc1cc(C)cc(OCC(=O)O[C@@H](C(=O)NC2CC2)c2ccccc2)c1. The highest BCUT2D eigenvalue weighted by molar-refractivity contribution is 5.85. The van der Waals surface area contributed by atoms with Crippen LogP contribution in [0.5, 0.6) is 5.75 Å². The van der Waals surface area contributed by atoms with Gasteiger partial charge in [-0.15, -0.1) is 0 Å². The second-order valence-electron chi connectivity index (χ2n) is 6.68. The van der Waals surface area contributed by atoms with E-state index in [-0.39, 0.29) is 18.6 Å². The number of nitrogens with one attached hydrogen (secondary N) is 1. The summed E-state index contributed by atoms with van der Waals surface area (Å²) in [6, 6.07) is 15.0. The maximum Gasteiger partial charge on any atom is 0.345 e. The molecule has 1 fully saturated rings. The van der Waals surface area contributed by atoms with Crippen LogP contribution in [0.15, 0.2) is 48.5 Å². The van der Waals surface area contributed by atoms with Crippen LogP contribution < -0.4 is 10.1 Å². The second kappa shape index (κ2) is 8.04. The van der Waals surface area contributed by atoms with Crippen LogP contribution in [0.25, 0.3) is 0 Å². The van der Waals surface area contributed by atoms with Gasteiger partial charge in [0.2, 0.25) is 6.10 Å². The molecule has 1 aliphatic rings. The van der Waals surface area contributed by atoms with Gasteiger partial charge in [-0.2, -0.15) is 0 Å². The molecule has 0 aliphatic heterocycles. The lowest BCUT2D eigenvalue weighted by Crippen LogP contribution is -2.34. The van der Waals surface area contributed by atoms with Crippen molar-refractivity contribution < 1.29 is 19.1 Å². The van der Waals surface area contributed by atoms with E-state index in [0.717, 1.165) is 24.0 Å². The van der Waals surface area contributed by atoms with E-state index in [1.54, 1.807) is 12.1 Å². The summed E-state index contributed by atoms with van der Waals surface area (Å²) in [5.74, 6) is -0.263. The zero-order chi connectivity index (χ0) is 18.5. The van der Waals surface area contributed by atoms with E-state index in [1.807, 2.05) is 50.2 Å². The number of aryl methyl sites for hydroxylation is 2. The molecule has 26 heavy (non-hydrogen) atoms. The van der Waals surface area contributed by atoms with Gasteiger partial charge in [-0.3, -0.25) is 4.79 Å². The summed E-state index contributed by atoms with van der Waals surface area (Å²) >= 11 is 0. The molecule has 0 heterocycles. The van der Waals surface area contributed by atoms with E-state index in [4.69, 9.17) is 9.47 Å². The maximum absolute atomic E-state index is 12.5. The van der Waals surface area contributed by atoms with Crippen molar-refractivity contribution in [1.82, 2.24) is 5.32 Å². The summed E-state index contributed by atoms with van der Waals surface area (Å²) in [6.07, 6.45) is 0.973. The Hall–Kier alpha value is -2.82. The van der Waals surface area contributed by atoms with Gasteiger partial charge < -0.3 is 14.8 Å². The van der Waals surface area contributed by atoms with Crippen LogP contribution in [0.4, 0.5) is 0 Å². The molecule has 0 radical (unpaired) electrons. The first-order chi connectivity index (χ1) is 12.5. The van der Waals surface area contributed by atoms with Gasteiger partial charge in [-0.1, -0.05) is 36.4 Å². The molecule has 3 rings (SSSR count). The molecule has 5 heteroatoms. The van der Waals surface area contributed by atoms with Gasteiger partial charge in [-0.25, -0.2) is 4.79 Å².